The highest BCUT2D eigenvalue weighted by Crippen LogP contribution is 2.28. The highest BCUT2D eigenvalue weighted by molar-refractivity contribution is 6.01. The molecular formula is C25H35N3O5. The van der Waals surface area contributed by atoms with Gasteiger partial charge in [0.2, 0.25) is 5.91 Å². The third kappa shape index (κ3) is 6.98. The number of hydrogen-bond donors (Lipinski definition) is 3. The van der Waals surface area contributed by atoms with Gasteiger partial charge in [-0.05, 0) is 82.5 Å². The predicted octanol–water partition coefficient (Wildman–Crippen LogP) is 2.30. The lowest BCUT2D eigenvalue weighted by Gasteiger charge is -2.28. The van der Waals surface area contributed by atoms with Crippen LogP contribution in [0, 0.1) is 5.92 Å². The van der Waals surface area contributed by atoms with Gasteiger partial charge in [-0.3, -0.25) is 19.8 Å². The van der Waals surface area contributed by atoms with Crippen LogP contribution in [-0.4, -0.2) is 61.4 Å². The summed E-state index contributed by atoms with van der Waals surface area (Å²) in [4.78, 5) is 37.6. The number of anilines is 1. The number of para-hydroxylation sites is 1. The highest BCUT2D eigenvalue weighted by Gasteiger charge is 2.32. The number of carboxylic acid groups (broad SMARTS) is 1. The molecule has 1 saturated heterocycles. The molecule has 2 aliphatic heterocycles. The number of nitrogens with zero attached hydrogens (tertiary/aromatic N) is 1. The lowest BCUT2D eigenvalue weighted by atomic mass is 9.88. The monoisotopic (exact) mass is 457 g/mol. The number of amides is 1. The van der Waals surface area contributed by atoms with Gasteiger partial charge in [0, 0.05) is 17.9 Å². The minimum Gasteiger partial charge on any atom is -0.480 e. The molecule has 0 spiro atoms. The molecule has 2 unspecified atom stereocenters. The van der Waals surface area contributed by atoms with E-state index in [9.17, 15) is 19.5 Å². The van der Waals surface area contributed by atoms with Crippen LogP contribution < -0.4 is 15.5 Å². The number of allylic oxidation sites excluding steroid dienone is 1. The molecule has 2 heterocycles. The second-order valence-electron chi connectivity index (χ2n) is 8.69. The molecule has 8 heteroatoms. The summed E-state index contributed by atoms with van der Waals surface area (Å²) in [7, 11) is 0. The van der Waals surface area contributed by atoms with Crippen molar-refractivity contribution in [3.8, 4) is 0 Å². The molecule has 2 aliphatic rings. The Morgan fingerprint density at radius 3 is 2.76 bits per heavy atom. The Labute approximate surface area is 195 Å². The van der Waals surface area contributed by atoms with Gasteiger partial charge in [-0.15, -0.1) is 0 Å². The van der Waals surface area contributed by atoms with Crippen molar-refractivity contribution in [3.63, 3.8) is 0 Å². The number of rotatable bonds is 11. The fraction of sp³-hybridized carbons (Fsp3) is 0.600. The molecule has 0 bridgehead atoms. The van der Waals surface area contributed by atoms with E-state index in [-0.39, 0.29) is 18.7 Å². The van der Waals surface area contributed by atoms with Crippen molar-refractivity contribution in [1.29, 1.82) is 0 Å². The summed E-state index contributed by atoms with van der Waals surface area (Å²) in [6.45, 7) is 3.87. The molecule has 8 nitrogen and oxygen atoms in total. The number of fused-ring (bicyclic) bond motifs is 1. The van der Waals surface area contributed by atoms with Crippen molar-refractivity contribution >= 4 is 23.5 Å². The first kappa shape index (κ1) is 25.1. The Bertz CT molecular complexity index is 861. The van der Waals surface area contributed by atoms with Crippen LogP contribution >= 0.6 is 0 Å². The number of piperidine rings is 1. The Kier molecular flexibility index (Phi) is 9.63. The maximum atomic E-state index is 13.3. The minimum absolute atomic E-state index is 0.254. The fourth-order valence-electron chi connectivity index (χ4n) is 4.80. The molecule has 180 valence electrons. The molecule has 3 rings (SSSR count). The van der Waals surface area contributed by atoms with E-state index in [1.54, 1.807) is 6.07 Å². The molecule has 33 heavy (non-hydrogen) atoms. The van der Waals surface area contributed by atoms with Crippen molar-refractivity contribution in [2.45, 2.75) is 64.1 Å². The number of aliphatic carboxylic acids is 1. The minimum atomic E-state index is -1.05. The number of carbonyl (C=O) groups is 2. The van der Waals surface area contributed by atoms with Crippen LogP contribution in [0.15, 0.2) is 29.8 Å². The average Bonchev–Trinajstić information content (AvgIpc) is 2.94. The van der Waals surface area contributed by atoms with Crippen LogP contribution in [0.5, 0.6) is 0 Å². The van der Waals surface area contributed by atoms with Gasteiger partial charge in [0.15, 0.2) is 0 Å². The van der Waals surface area contributed by atoms with Crippen molar-refractivity contribution in [2.24, 2.45) is 5.92 Å². The third-order valence-electron chi connectivity index (χ3n) is 6.47. The maximum Gasteiger partial charge on any atom is 0.323 e. The first-order valence-electron chi connectivity index (χ1n) is 12.0. The normalized spacial score (nSPS) is 20.0. The fourth-order valence-corrected chi connectivity index (χ4v) is 4.80. The van der Waals surface area contributed by atoms with E-state index in [1.807, 2.05) is 25.1 Å². The molecule has 0 radical (unpaired) electrons. The van der Waals surface area contributed by atoms with Crippen LogP contribution in [0.2, 0.25) is 0 Å². The van der Waals surface area contributed by atoms with Crippen molar-refractivity contribution in [2.75, 3.05) is 31.1 Å². The first-order valence-corrected chi connectivity index (χ1v) is 12.0. The largest absolute Gasteiger partial charge is 0.480 e. The molecule has 1 aromatic rings. The van der Waals surface area contributed by atoms with Gasteiger partial charge in [-0.25, -0.2) is 4.79 Å². The molecular weight excluding hydrogens is 422 g/mol. The van der Waals surface area contributed by atoms with Gasteiger partial charge >= 0.3 is 5.97 Å². The lowest BCUT2D eigenvalue weighted by molar-refractivity contribution is -0.137. The summed E-state index contributed by atoms with van der Waals surface area (Å²) < 4.78 is 5.87. The van der Waals surface area contributed by atoms with E-state index < -0.39 is 12.0 Å². The summed E-state index contributed by atoms with van der Waals surface area (Å²) >= 11 is 0. The number of hydrogen-bond acceptors (Lipinski definition) is 6. The van der Waals surface area contributed by atoms with Gasteiger partial charge in [0.05, 0.1) is 6.04 Å². The Balaban J connectivity index is 1.63. The summed E-state index contributed by atoms with van der Waals surface area (Å²) in [5, 5.41) is 16.0. The number of benzene rings is 1. The first-order chi connectivity index (χ1) is 16.0. The van der Waals surface area contributed by atoms with Crippen LogP contribution in [-0.2, 0) is 25.5 Å². The molecule has 1 aromatic carbocycles. The molecule has 1 fully saturated rings. The van der Waals surface area contributed by atoms with Crippen molar-refractivity contribution in [1.82, 2.24) is 10.6 Å². The van der Waals surface area contributed by atoms with Gasteiger partial charge in [0.1, 0.15) is 18.7 Å². The van der Waals surface area contributed by atoms with Crippen LogP contribution in [0.3, 0.4) is 0 Å². The SMILES string of the molecule is CCOC(CCCC(=C=O)C1CCNCC1)NC1CCc2ccccc2N(CC(=O)O)C1=O. The van der Waals surface area contributed by atoms with E-state index in [1.165, 1.54) is 4.90 Å². The zero-order valence-electron chi connectivity index (χ0n) is 19.3. The Hall–Kier alpha value is -2.51. The van der Waals surface area contributed by atoms with Crippen LogP contribution in [0.1, 0.15) is 51.0 Å². The standard InChI is InChI=1S/C25H35N3O5/c1-2-33-23(9-5-7-20(17-29)18-12-14-26-15-13-18)27-21-11-10-19-6-3-4-8-22(19)28(25(21)32)16-24(30)31/h3-4,6,8,18,21,23,26-27H,2,5,7,9-16H2,1H3,(H,30,31). The second kappa shape index (κ2) is 12.7. The predicted molar refractivity (Wildman–Crippen MR) is 126 cm³/mol. The van der Waals surface area contributed by atoms with Crippen LogP contribution in [0.25, 0.3) is 0 Å². The topological polar surface area (TPSA) is 108 Å². The highest BCUT2D eigenvalue weighted by atomic mass is 16.5. The summed E-state index contributed by atoms with van der Waals surface area (Å²) in [5.74, 6) is 1.17. The molecule has 0 aliphatic carbocycles. The van der Waals surface area contributed by atoms with E-state index in [0.717, 1.165) is 43.5 Å². The quantitative estimate of drug-likeness (QED) is 0.346. The smallest absolute Gasteiger partial charge is 0.323 e. The molecule has 0 aromatic heterocycles. The van der Waals surface area contributed by atoms with Gasteiger partial charge in [-0.1, -0.05) is 18.2 Å². The van der Waals surface area contributed by atoms with Gasteiger partial charge in [-0.2, -0.15) is 0 Å². The van der Waals surface area contributed by atoms with Crippen molar-refractivity contribution < 1.29 is 24.2 Å². The maximum absolute atomic E-state index is 13.3. The molecule has 1 amide bonds. The number of ether oxygens (including phenoxy) is 1. The van der Waals surface area contributed by atoms with E-state index in [0.29, 0.717) is 43.9 Å². The summed E-state index contributed by atoms with van der Waals surface area (Å²) in [6.07, 6.45) is 4.90. The van der Waals surface area contributed by atoms with Crippen LogP contribution in [0.4, 0.5) is 5.69 Å². The molecule has 0 saturated carbocycles. The number of nitrogens with one attached hydrogen (secondary N) is 2. The van der Waals surface area contributed by atoms with E-state index >= 15 is 0 Å². The zero-order chi connectivity index (χ0) is 23.6. The third-order valence-corrected chi connectivity index (χ3v) is 6.47. The average molecular weight is 458 g/mol. The summed E-state index contributed by atoms with van der Waals surface area (Å²) in [5.41, 5.74) is 2.47. The second-order valence-corrected chi connectivity index (χ2v) is 8.69. The van der Waals surface area contributed by atoms with Gasteiger partial charge in [0.25, 0.3) is 0 Å². The summed E-state index contributed by atoms with van der Waals surface area (Å²) in [6, 6.07) is 6.91. The molecule has 3 N–H and O–H groups in total. The number of carboxylic acids is 1. The number of carbonyl (C=O) groups excluding carboxylic acids is 2. The van der Waals surface area contributed by atoms with Gasteiger partial charge < -0.3 is 15.2 Å². The Morgan fingerprint density at radius 2 is 2.06 bits per heavy atom. The molecule has 2 atom stereocenters. The number of aryl methyl sites for hydroxylation is 1. The lowest BCUT2D eigenvalue weighted by Crippen LogP contribution is -2.51. The van der Waals surface area contributed by atoms with E-state index in [4.69, 9.17) is 4.74 Å². The van der Waals surface area contributed by atoms with Crippen molar-refractivity contribution in [3.05, 3.63) is 35.4 Å². The zero-order valence-corrected chi connectivity index (χ0v) is 19.3. The Morgan fingerprint density at radius 1 is 1.30 bits per heavy atom. The van der Waals surface area contributed by atoms with E-state index in [2.05, 4.69) is 16.6 Å².